The van der Waals surface area contributed by atoms with Gasteiger partial charge < -0.3 is 10.2 Å². The van der Waals surface area contributed by atoms with Crippen LogP contribution in [0.15, 0.2) is 0 Å². The summed E-state index contributed by atoms with van der Waals surface area (Å²) in [5, 5.41) is 12.2. The molecule has 18 heavy (non-hydrogen) atoms. The Hall–Kier alpha value is -1.08. The zero-order chi connectivity index (χ0) is 13.6. The molecule has 1 rings (SSSR count). The first-order chi connectivity index (χ1) is 8.57. The number of rotatable bonds is 6. The summed E-state index contributed by atoms with van der Waals surface area (Å²) in [6.07, 6.45) is 3.66. The van der Waals surface area contributed by atoms with Gasteiger partial charge in [0.2, 0.25) is 5.91 Å². The van der Waals surface area contributed by atoms with Gasteiger partial charge in [0.1, 0.15) is 5.41 Å². The predicted octanol–water partition coefficient (Wildman–Crippen LogP) is 1.92. The minimum Gasteiger partial charge on any atom is -0.351 e. The Labute approximate surface area is 110 Å². The Morgan fingerprint density at radius 2 is 1.94 bits per heavy atom. The fraction of sp³-hybridized carbons (Fsp3) is 0.857. The topological polar surface area (TPSA) is 56.1 Å². The van der Waals surface area contributed by atoms with Gasteiger partial charge in [0.15, 0.2) is 0 Å². The summed E-state index contributed by atoms with van der Waals surface area (Å²) in [4.78, 5) is 14.6. The van der Waals surface area contributed by atoms with Crippen LogP contribution in [0.1, 0.15) is 46.5 Å². The molecule has 1 N–H and O–H groups in total. The van der Waals surface area contributed by atoms with Crippen molar-refractivity contribution in [1.29, 1.82) is 5.26 Å². The molecule has 0 radical (unpaired) electrons. The van der Waals surface area contributed by atoms with Crippen molar-refractivity contribution in [2.24, 2.45) is 5.41 Å². The number of nitrogens with zero attached hydrogens (tertiary/aromatic N) is 2. The molecule has 0 bridgehead atoms. The Morgan fingerprint density at radius 1 is 1.39 bits per heavy atom. The van der Waals surface area contributed by atoms with E-state index in [1.54, 1.807) is 0 Å². The van der Waals surface area contributed by atoms with E-state index in [2.05, 4.69) is 16.3 Å². The lowest BCUT2D eigenvalue weighted by Gasteiger charge is -2.27. The predicted molar refractivity (Wildman–Crippen MR) is 71.9 cm³/mol. The molecule has 0 saturated carbocycles. The highest BCUT2D eigenvalue weighted by Gasteiger charge is 2.35. The minimum absolute atomic E-state index is 0.110. The van der Waals surface area contributed by atoms with E-state index < -0.39 is 5.41 Å². The third-order valence-electron chi connectivity index (χ3n) is 3.96. The molecule has 1 saturated heterocycles. The van der Waals surface area contributed by atoms with Gasteiger partial charge in [-0.3, -0.25) is 4.79 Å². The molecule has 0 aromatic heterocycles. The molecule has 0 aromatic rings. The molecule has 1 unspecified atom stereocenters. The normalized spacial score (nSPS) is 18.3. The summed E-state index contributed by atoms with van der Waals surface area (Å²) < 4.78 is 0. The largest absolute Gasteiger partial charge is 0.351 e. The van der Waals surface area contributed by atoms with Crippen molar-refractivity contribution in [2.75, 3.05) is 19.6 Å². The zero-order valence-corrected chi connectivity index (χ0v) is 11.8. The van der Waals surface area contributed by atoms with Crippen LogP contribution in [0.4, 0.5) is 0 Å². The first-order valence-electron chi connectivity index (χ1n) is 7.02. The Balaban J connectivity index is 2.49. The zero-order valence-electron chi connectivity index (χ0n) is 11.8. The van der Waals surface area contributed by atoms with Crippen LogP contribution in [0.25, 0.3) is 0 Å². The van der Waals surface area contributed by atoms with E-state index >= 15 is 0 Å². The fourth-order valence-electron chi connectivity index (χ4n) is 2.54. The van der Waals surface area contributed by atoms with Crippen molar-refractivity contribution in [1.82, 2.24) is 10.2 Å². The first-order valence-corrected chi connectivity index (χ1v) is 7.02. The monoisotopic (exact) mass is 251 g/mol. The van der Waals surface area contributed by atoms with Gasteiger partial charge in [-0.2, -0.15) is 5.26 Å². The molecule has 0 spiro atoms. The molecule has 1 heterocycles. The molecular weight excluding hydrogens is 226 g/mol. The molecule has 102 valence electrons. The standard InChI is InChI=1S/C14H25N3O/c1-4-14(5-2,11-15)13(18)16-12(3)10-17-8-6-7-9-17/h12H,4-10H2,1-3H3,(H,16,18). The number of nitriles is 1. The van der Waals surface area contributed by atoms with Crippen LogP contribution in [0.5, 0.6) is 0 Å². The molecule has 0 aromatic carbocycles. The summed E-state index contributed by atoms with van der Waals surface area (Å²) in [5.74, 6) is -0.110. The highest BCUT2D eigenvalue weighted by atomic mass is 16.2. The van der Waals surface area contributed by atoms with Crippen LogP contribution in [0.2, 0.25) is 0 Å². The molecule has 1 aliphatic heterocycles. The average Bonchev–Trinajstić information content (AvgIpc) is 2.84. The van der Waals surface area contributed by atoms with Crippen LogP contribution in [-0.4, -0.2) is 36.5 Å². The maximum Gasteiger partial charge on any atom is 0.240 e. The summed E-state index contributed by atoms with van der Waals surface area (Å²) in [7, 11) is 0. The van der Waals surface area contributed by atoms with E-state index in [-0.39, 0.29) is 11.9 Å². The van der Waals surface area contributed by atoms with Crippen LogP contribution in [-0.2, 0) is 4.79 Å². The maximum atomic E-state index is 12.2. The van der Waals surface area contributed by atoms with Crippen LogP contribution >= 0.6 is 0 Å². The van der Waals surface area contributed by atoms with Crippen molar-refractivity contribution in [3.63, 3.8) is 0 Å². The van der Waals surface area contributed by atoms with Crippen LogP contribution in [0, 0.1) is 16.7 Å². The molecule has 1 fully saturated rings. The maximum absolute atomic E-state index is 12.2. The van der Waals surface area contributed by atoms with E-state index in [1.807, 2.05) is 20.8 Å². The van der Waals surface area contributed by atoms with Gasteiger partial charge >= 0.3 is 0 Å². The van der Waals surface area contributed by atoms with E-state index in [0.717, 1.165) is 19.6 Å². The smallest absolute Gasteiger partial charge is 0.240 e. The molecule has 1 amide bonds. The van der Waals surface area contributed by atoms with E-state index in [9.17, 15) is 10.1 Å². The average molecular weight is 251 g/mol. The van der Waals surface area contributed by atoms with Gasteiger partial charge in [-0.15, -0.1) is 0 Å². The lowest BCUT2D eigenvalue weighted by molar-refractivity contribution is -0.129. The fourth-order valence-corrected chi connectivity index (χ4v) is 2.54. The van der Waals surface area contributed by atoms with Gasteiger partial charge in [-0.05, 0) is 45.7 Å². The molecule has 1 atom stereocenters. The van der Waals surface area contributed by atoms with E-state index in [4.69, 9.17) is 0 Å². The summed E-state index contributed by atoms with van der Waals surface area (Å²) >= 11 is 0. The quantitative estimate of drug-likeness (QED) is 0.784. The number of likely N-dealkylation sites (tertiary alicyclic amines) is 1. The Bertz CT molecular complexity index is 311. The van der Waals surface area contributed by atoms with Gasteiger partial charge in [-0.25, -0.2) is 0 Å². The molecular formula is C14H25N3O. The van der Waals surface area contributed by atoms with Crippen molar-refractivity contribution < 1.29 is 4.79 Å². The Kier molecular flexibility index (Phi) is 5.61. The SMILES string of the molecule is CCC(C#N)(CC)C(=O)NC(C)CN1CCCC1. The first kappa shape index (κ1) is 15.0. The number of amides is 1. The van der Waals surface area contributed by atoms with Crippen molar-refractivity contribution in [3.8, 4) is 6.07 Å². The minimum atomic E-state index is -0.848. The lowest BCUT2D eigenvalue weighted by atomic mass is 9.83. The van der Waals surface area contributed by atoms with Crippen molar-refractivity contribution in [2.45, 2.75) is 52.5 Å². The third-order valence-corrected chi connectivity index (χ3v) is 3.96. The number of hydrogen-bond donors (Lipinski definition) is 1. The van der Waals surface area contributed by atoms with E-state index in [0.29, 0.717) is 12.8 Å². The molecule has 0 aliphatic carbocycles. The summed E-state index contributed by atoms with van der Waals surface area (Å²) in [5.41, 5.74) is -0.848. The van der Waals surface area contributed by atoms with Crippen LogP contribution < -0.4 is 5.32 Å². The summed E-state index contributed by atoms with van der Waals surface area (Å²) in [6.45, 7) is 8.97. The second kappa shape index (κ2) is 6.75. The number of carbonyl (C=O) groups is 1. The summed E-state index contributed by atoms with van der Waals surface area (Å²) in [6, 6.07) is 2.30. The van der Waals surface area contributed by atoms with Gasteiger partial charge in [-0.1, -0.05) is 13.8 Å². The van der Waals surface area contributed by atoms with Crippen LogP contribution in [0.3, 0.4) is 0 Å². The lowest BCUT2D eigenvalue weighted by Crippen LogP contribution is -2.47. The third kappa shape index (κ3) is 3.46. The van der Waals surface area contributed by atoms with Gasteiger partial charge in [0, 0.05) is 12.6 Å². The number of hydrogen-bond acceptors (Lipinski definition) is 3. The second-order valence-electron chi connectivity index (χ2n) is 5.28. The molecule has 1 aliphatic rings. The van der Waals surface area contributed by atoms with Crippen molar-refractivity contribution in [3.05, 3.63) is 0 Å². The highest BCUT2D eigenvalue weighted by Crippen LogP contribution is 2.25. The number of nitrogens with one attached hydrogen (secondary N) is 1. The second-order valence-corrected chi connectivity index (χ2v) is 5.28. The molecule has 4 heteroatoms. The highest BCUT2D eigenvalue weighted by molar-refractivity contribution is 5.85. The van der Waals surface area contributed by atoms with Gasteiger partial charge in [0.05, 0.1) is 6.07 Å². The van der Waals surface area contributed by atoms with Crippen molar-refractivity contribution >= 4 is 5.91 Å². The molecule has 4 nitrogen and oxygen atoms in total. The Morgan fingerprint density at radius 3 is 2.39 bits per heavy atom. The van der Waals surface area contributed by atoms with Gasteiger partial charge in [0.25, 0.3) is 0 Å². The van der Waals surface area contributed by atoms with E-state index in [1.165, 1.54) is 12.8 Å². The number of carbonyl (C=O) groups excluding carboxylic acids is 1.